The number of aliphatic hydroxyl groups is 1. The van der Waals surface area contributed by atoms with Gasteiger partial charge in [-0.2, -0.15) is 4.98 Å². The van der Waals surface area contributed by atoms with Gasteiger partial charge in [-0.3, -0.25) is 4.98 Å². The first-order chi connectivity index (χ1) is 10.3. The van der Waals surface area contributed by atoms with Crippen molar-refractivity contribution in [2.75, 3.05) is 24.6 Å². The van der Waals surface area contributed by atoms with Crippen LogP contribution in [0.3, 0.4) is 0 Å². The van der Waals surface area contributed by atoms with E-state index in [1.54, 1.807) is 6.20 Å². The number of rotatable bonds is 4. The van der Waals surface area contributed by atoms with Gasteiger partial charge in [0, 0.05) is 19.7 Å². The third-order valence-corrected chi connectivity index (χ3v) is 5.35. The monoisotopic (exact) mass is 289 g/mol. The summed E-state index contributed by atoms with van der Waals surface area (Å²) in [5.74, 6) is 3.42. The Morgan fingerprint density at radius 2 is 1.90 bits per heavy atom. The molecule has 21 heavy (non-hydrogen) atoms. The van der Waals surface area contributed by atoms with Crippen LogP contribution in [0.15, 0.2) is 12.4 Å². The number of ether oxygens (including phenoxy) is 1. The zero-order valence-electron chi connectivity index (χ0n) is 12.3. The number of nitrogens with zero attached hydrogens (tertiary/aromatic N) is 3. The number of hydrogen-bond acceptors (Lipinski definition) is 5. The van der Waals surface area contributed by atoms with Crippen LogP contribution in [0.2, 0.25) is 0 Å². The van der Waals surface area contributed by atoms with Gasteiger partial charge in [0.15, 0.2) is 5.82 Å². The van der Waals surface area contributed by atoms with Crippen molar-refractivity contribution in [2.24, 2.45) is 17.8 Å². The smallest absolute Gasteiger partial charge is 0.234 e. The summed E-state index contributed by atoms with van der Waals surface area (Å²) in [6.45, 7) is 2.33. The predicted octanol–water partition coefficient (Wildman–Crippen LogP) is 1.86. The minimum Gasteiger partial charge on any atom is -0.473 e. The highest BCUT2D eigenvalue weighted by Crippen LogP contribution is 2.51. The number of piperidine rings is 1. The fourth-order valence-electron chi connectivity index (χ4n) is 4.01. The molecule has 1 saturated heterocycles. The molecule has 1 aromatic heterocycles. The van der Waals surface area contributed by atoms with Gasteiger partial charge < -0.3 is 14.7 Å². The summed E-state index contributed by atoms with van der Waals surface area (Å²) in [4.78, 5) is 11.2. The second kappa shape index (κ2) is 5.44. The van der Waals surface area contributed by atoms with Crippen molar-refractivity contribution < 1.29 is 9.84 Å². The maximum atomic E-state index is 9.23. The summed E-state index contributed by atoms with van der Waals surface area (Å²) in [6, 6.07) is 0. The molecule has 1 aliphatic heterocycles. The number of aliphatic hydroxyl groups excluding tert-OH is 1. The van der Waals surface area contributed by atoms with Crippen molar-refractivity contribution in [3.05, 3.63) is 12.4 Å². The molecule has 2 heterocycles. The van der Waals surface area contributed by atoms with Gasteiger partial charge >= 0.3 is 0 Å². The predicted molar refractivity (Wildman–Crippen MR) is 79.3 cm³/mol. The van der Waals surface area contributed by atoms with Gasteiger partial charge in [0.1, 0.15) is 6.10 Å². The Balaban J connectivity index is 1.39. The highest BCUT2D eigenvalue weighted by Gasteiger charge is 2.55. The highest BCUT2D eigenvalue weighted by molar-refractivity contribution is 5.41. The fourth-order valence-corrected chi connectivity index (χ4v) is 4.01. The Bertz CT molecular complexity index is 492. The molecule has 4 rings (SSSR count). The lowest BCUT2D eigenvalue weighted by atomic mass is 9.98. The number of anilines is 1. The Kier molecular flexibility index (Phi) is 3.45. The minimum atomic E-state index is 0.314. The molecule has 0 spiro atoms. The lowest BCUT2D eigenvalue weighted by Crippen LogP contribution is -2.26. The maximum Gasteiger partial charge on any atom is 0.234 e. The molecule has 3 aliphatic rings. The van der Waals surface area contributed by atoms with Crippen LogP contribution in [-0.2, 0) is 0 Å². The van der Waals surface area contributed by atoms with E-state index in [1.165, 1.54) is 19.3 Å². The molecule has 2 saturated carbocycles. The van der Waals surface area contributed by atoms with Crippen LogP contribution in [0.5, 0.6) is 5.88 Å². The van der Waals surface area contributed by atoms with E-state index in [4.69, 9.17) is 4.74 Å². The molecule has 5 heteroatoms. The maximum absolute atomic E-state index is 9.23. The molecule has 0 bridgehead atoms. The van der Waals surface area contributed by atoms with Gasteiger partial charge in [0.25, 0.3) is 0 Å². The first kappa shape index (κ1) is 13.3. The largest absolute Gasteiger partial charge is 0.473 e. The quantitative estimate of drug-likeness (QED) is 0.917. The topological polar surface area (TPSA) is 58.5 Å². The average molecular weight is 289 g/mol. The van der Waals surface area contributed by atoms with Crippen LogP contribution in [0, 0.1) is 17.8 Å². The van der Waals surface area contributed by atoms with Crippen LogP contribution in [0.1, 0.15) is 32.1 Å². The third-order valence-electron chi connectivity index (χ3n) is 5.35. The molecule has 3 fully saturated rings. The van der Waals surface area contributed by atoms with E-state index in [-0.39, 0.29) is 0 Å². The van der Waals surface area contributed by atoms with Crippen molar-refractivity contribution in [1.82, 2.24) is 9.97 Å². The van der Waals surface area contributed by atoms with E-state index in [0.29, 0.717) is 36.3 Å². The molecule has 5 nitrogen and oxygen atoms in total. The Labute approximate surface area is 125 Å². The fraction of sp³-hybridized carbons (Fsp3) is 0.750. The lowest BCUT2D eigenvalue weighted by Gasteiger charge is -2.24. The molecule has 1 N–H and O–H groups in total. The van der Waals surface area contributed by atoms with Gasteiger partial charge in [-0.05, 0) is 43.4 Å². The van der Waals surface area contributed by atoms with E-state index >= 15 is 0 Å². The molecule has 0 radical (unpaired) electrons. The van der Waals surface area contributed by atoms with Crippen LogP contribution in [0.25, 0.3) is 0 Å². The van der Waals surface area contributed by atoms with E-state index in [9.17, 15) is 5.11 Å². The van der Waals surface area contributed by atoms with Crippen LogP contribution in [-0.4, -0.2) is 40.9 Å². The first-order valence-corrected chi connectivity index (χ1v) is 8.19. The van der Waals surface area contributed by atoms with Crippen molar-refractivity contribution in [3.8, 4) is 5.88 Å². The first-order valence-electron chi connectivity index (χ1n) is 8.19. The molecule has 0 amide bonds. The lowest BCUT2D eigenvalue weighted by molar-refractivity contribution is 0.148. The summed E-state index contributed by atoms with van der Waals surface area (Å²) in [6.07, 6.45) is 9.99. The normalized spacial score (nSPS) is 32.0. The highest BCUT2D eigenvalue weighted by atomic mass is 16.5. The Hall–Kier alpha value is -1.36. The summed E-state index contributed by atoms with van der Waals surface area (Å²) < 4.78 is 6.00. The number of fused-ring (bicyclic) bond motifs is 1. The van der Waals surface area contributed by atoms with Crippen molar-refractivity contribution in [3.63, 3.8) is 0 Å². The molecule has 1 aromatic rings. The zero-order valence-corrected chi connectivity index (χ0v) is 12.3. The van der Waals surface area contributed by atoms with Crippen LogP contribution in [0.4, 0.5) is 5.82 Å². The standard InChI is InChI=1S/C16H23N3O2/c20-10-14-12-8-19(9-13(12)14)15-6-17-7-16(18-15)21-11-4-2-1-3-5-11/h6-7,11-14,20H,1-5,8-10H2/t12-,13+,14?. The van der Waals surface area contributed by atoms with Gasteiger partial charge in [0.2, 0.25) is 5.88 Å². The molecule has 3 atom stereocenters. The average Bonchev–Trinajstić information content (AvgIpc) is 2.99. The minimum absolute atomic E-state index is 0.314. The van der Waals surface area contributed by atoms with Gasteiger partial charge in [-0.25, -0.2) is 0 Å². The number of hydrogen-bond donors (Lipinski definition) is 1. The Morgan fingerprint density at radius 1 is 1.14 bits per heavy atom. The summed E-state index contributed by atoms with van der Waals surface area (Å²) in [5, 5.41) is 9.23. The molecule has 0 aromatic carbocycles. The Morgan fingerprint density at radius 3 is 2.62 bits per heavy atom. The third kappa shape index (κ3) is 2.59. The summed E-state index contributed by atoms with van der Waals surface area (Å²) >= 11 is 0. The SMILES string of the molecule is OCC1[C@H]2CN(c3cncc(OC4CCCCC4)n3)C[C@@H]12. The molecule has 1 unspecified atom stereocenters. The van der Waals surface area contributed by atoms with E-state index in [2.05, 4.69) is 14.9 Å². The van der Waals surface area contributed by atoms with Crippen molar-refractivity contribution in [2.45, 2.75) is 38.2 Å². The molecule has 2 aliphatic carbocycles. The van der Waals surface area contributed by atoms with Crippen LogP contribution < -0.4 is 9.64 Å². The molecule has 114 valence electrons. The van der Waals surface area contributed by atoms with Gasteiger partial charge in [-0.15, -0.1) is 0 Å². The molecular formula is C16H23N3O2. The van der Waals surface area contributed by atoms with Crippen molar-refractivity contribution in [1.29, 1.82) is 0 Å². The second-order valence-electron chi connectivity index (χ2n) is 6.67. The van der Waals surface area contributed by atoms with E-state index in [0.717, 1.165) is 31.7 Å². The van der Waals surface area contributed by atoms with Gasteiger partial charge in [-0.1, -0.05) is 6.42 Å². The second-order valence-corrected chi connectivity index (χ2v) is 6.67. The van der Waals surface area contributed by atoms with Crippen molar-refractivity contribution >= 4 is 5.82 Å². The zero-order chi connectivity index (χ0) is 14.2. The van der Waals surface area contributed by atoms with E-state index < -0.39 is 0 Å². The van der Waals surface area contributed by atoms with Crippen LogP contribution >= 0.6 is 0 Å². The van der Waals surface area contributed by atoms with E-state index in [1.807, 2.05) is 6.20 Å². The summed E-state index contributed by atoms with van der Waals surface area (Å²) in [5.41, 5.74) is 0. The van der Waals surface area contributed by atoms with Gasteiger partial charge in [0.05, 0.1) is 12.4 Å². The summed E-state index contributed by atoms with van der Waals surface area (Å²) in [7, 11) is 0. The molecular weight excluding hydrogens is 266 g/mol. The number of aromatic nitrogens is 2.